The summed E-state index contributed by atoms with van der Waals surface area (Å²) in [4.78, 5) is 17.1. The first kappa shape index (κ1) is 17.2. The minimum absolute atomic E-state index is 0.0769. The number of carbonyl (C=O) groups excluding carboxylic acids is 1. The predicted octanol–water partition coefficient (Wildman–Crippen LogP) is 4.49. The van der Waals surface area contributed by atoms with Crippen molar-refractivity contribution in [2.45, 2.75) is 26.7 Å². The Kier molecular flexibility index (Phi) is 4.85. The summed E-state index contributed by atoms with van der Waals surface area (Å²) >= 11 is 1.37. The number of benzene rings is 1. The van der Waals surface area contributed by atoms with Crippen LogP contribution in [0.3, 0.4) is 0 Å². The molecule has 1 N–H and O–H groups in total. The van der Waals surface area contributed by atoms with Crippen LogP contribution in [0.15, 0.2) is 34.2 Å². The van der Waals surface area contributed by atoms with Gasteiger partial charge in [-0.3, -0.25) is 10.1 Å². The number of thiazole rings is 1. The summed E-state index contributed by atoms with van der Waals surface area (Å²) in [6.07, 6.45) is 0. The van der Waals surface area contributed by atoms with Crippen molar-refractivity contribution in [1.29, 1.82) is 0 Å². The lowest BCUT2D eigenvalue weighted by molar-refractivity contribution is 0.102. The fourth-order valence-corrected chi connectivity index (χ4v) is 3.16. The molecule has 0 saturated heterocycles. The van der Waals surface area contributed by atoms with E-state index < -0.39 is 0 Å². The third-order valence-electron chi connectivity index (χ3n) is 3.75. The fourth-order valence-electron chi connectivity index (χ4n) is 2.44. The van der Waals surface area contributed by atoms with Crippen LogP contribution in [-0.2, 0) is 0 Å². The third kappa shape index (κ3) is 3.56. The molecule has 2 heterocycles. The second-order valence-electron chi connectivity index (χ2n) is 5.88. The number of amides is 1. The Morgan fingerprint density at radius 1 is 1.28 bits per heavy atom. The normalized spacial score (nSPS) is 10.9. The van der Waals surface area contributed by atoms with Crippen LogP contribution in [0.1, 0.15) is 41.6 Å². The van der Waals surface area contributed by atoms with E-state index in [1.165, 1.54) is 11.3 Å². The van der Waals surface area contributed by atoms with Crippen LogP contribution in [0.2, 0.25) is 0 Å². The standard InChI is InChI=1S/C18H19N3O3S/c1-10(2)16-15(11(3)21-24-16)17(22)20-18-19-14(9-25-18)12-5-7-13(23-4)8-6-12/h5-10H,1-4H3,(H,19,20,22). The highest BCUT2D eigenvalue weighted by molar-refractivity contribution is 7.14. The van der Waals surface area contributed by atoms with E-state index in [-0.39, 0.29) is 11.8 Å². The van der Waals surface area contributed by atoms with E-state index >= 15 is 0 Å². The Hall–Kier alpha value is -2.67. The Morgan fingerprint density at radius 2 is 2.00 bits per heavy atom. The van der Waals surface area contributed by atoms with Crippen LogP contribution in [0, 0.1) is 6.92 Å². The predicted molar refractivity (Wildman–Crippen MR) is 97.4 cm³/mol. The lowest BCUT2D eigenvalue weighted by Crippen LogP contribution is -2.14. The summed E-state index contributed by atoms with van der Waals surface area (Å²) < 4.78 is 10.4. The molecule has 0 aliphatic heterocycles. The van der Waals surface area contributed by atoms with Crippen molar-refractivity contribution < 1.29 is 14.1 Å². The van der Waals surface area contributed by atoms with Crippen LogP contribution in [0.5, 0.6) is 5.75 Å². The van der Waals surface area contributed by atoms with Crippen LogP contribution in [0.25, 0.3) is 11.3 Å². The number of anilines is 1. The van der Waals surface area contributed by atoms with Gasteiger partial charge >= 0.3 is 0 Å². The molecule has 130 valence electrons. The average Bonchev–Trinajstić information content (AvgIpc) is 3.21. The van der Waals surface area contributed by atoms with Gasteiger partial charge in [-0.25, -0.2) is 4.98 Å². The largest absolute Gasteiger partial charge is 0.497 e. The lowest BCUT2D eigenvalue weighted by Gasteiger charge is -2.04. The average molecular weight is 357 g/mol. The zero-order valence-corrected chi connectivity index (χ0v) is 15.3. The highest BCUT2D eigenvalue weighted by Gasteiger charge is 2.23. The van der Waals surface area contributed by atoms with Gasteiger partial charge in [-0.05, 0) is 31.2 Å². The highest BCUT2D eigenvalue weighted by Crippen LogP contribution is 2.28. The first-order valence-electron chi connectivity index (χ1n) is 7.87. The van der Waals surface area contributed by atoms with Gasteiger partial charge in [0.2, 0.25) is 0 Å². The molecule has 0 fully saturated rings. The van der Waals surface area contributed by atoms with Gasteiger partial charge in [-0.2, -0.15) is 0 Å². The van der Waals surface area contributed by atoms with Crippen LogP contribution >= 0.6 is 11.3 Å². The molecule has 0 aliphatic rings. The molecule has 3 aromatic rings. The Labute approximate surface area is 149 Å². The summed E-state index contributed by atoms with van der Waals surface area (Å²) in [5, 5.41) is 9.18. The van der Waals surface area contributed by atoms with Crippen molar-refractivity contribution in [3.8, 4) is 17.0 Å². The van der Waals surface area contributed by atoms with Gasteiger partial charge in [0.25, 0.3) is 5.91 Å². The molecule has 1 amide bonds. The molecule has 0 bridgehead atoms. The Balaban J connectivity index is 1.79. The summed E-state index contributed by atoms with van der Waals surface area (Å²) in [5.41, 5.74) is 2.82. The second kappa shape index (κ2) is 7.06. The van der Waals surface area contributed by atoms with Gasteiger partial charge in [0, 0.05) is 16.9 Å². The van der Waals surface area contributed by atoms with E-state index in [0.717, 1.165) is 17.0 Å². The third-order valence-corrected chi connectivity index (χ3v) is 4.51. The number of aromatic nitrogens is 2. The maximum Gasteiger partial charge on any atom is 0.262 e. The first-order chi connectivity index (χ1) is 12.0. The van der Waals surface area contributed by atoms with Crippen molar-refractivity contribution in [2.24, 2.45) is 0 Å². The smallest absolute Gasteiger partial charge is 0.262 e. The molecule has 0 unspecified atom stereocenters. The van der Waals surface area contributed by atoms with E-state index in [1.807, 2.05) is 43.5 Å². The van der Waals surface area contributed by atoms with Gasteiger partial charge < -0.3 is 9.26 Å². The minimum Gasteiger partial charge on any atom is -0.497 e. The summed E-state index contributed by atoms with van der Waals surface area (Å²) in [6.45, 7) is 5.68. The molecule has 2 aromatic heterocycles. The Bertz CT molecular complexity index is 881. The van der Waals surface area contributed by atoms with E-state index in [0.29, 0.717) is 22.1 Å². The zero-order chi connectivity index (χ0) is 18.0. The number of rotatable bonds is 5. The van der Waals surface area contributed by atoms with Crippen molar-refractivity contribution in [3.05, 3.63) is 46.7 Å². The monoisotopic (exact) mass is 357 g/mol. The number of methoxy groups -OCH3 is 1. The van der Waals surface area contributed by atoms with Crippen molar-refractivity contribution >= 4 is 22.4 Å². The van der Waals surface area contributed by atoms with Crippen molar-refractivity contribution in [3.63, 3.8) is 0 Å². The molecule has 0 aliphatic carbocycles. The SMILES string of the molecule is COc1ccc(-c2csc(NC(=O)c3c(C)noc3C(C)C)n2)cc1. The molecule has 1 aromatic carbocycles. The molecular formula is C18H19N3O3S. The highest BCUT2D eigenvalue weighted by atomic mass is 32.1. The molecule has 25 heavy (non-hydrogen) atoms. The van der Waals surface area contributed by atoms with Crippen LogP contribution in [-0.4, -0.2) is 23.2 Å². The van der Waals surface area contributed by atoms with Gasteiger partial charge in [0.05, 0.1) is 18.5 Å². The van der Waals surface area contributed by atoms with E-state index in [1.54, 1.807) is 14.0 Å². The number of ether oxygens (including phenoxy) is 1. The molecule has 6 nitrogen and oxygen atoms in total. The minimum atomic E-state index is -0.252. The number of hydrogen-bond donors (Lipinski definition) is 1. The number of aryl methyl sites for hydroxylation is 1. The molecule has 3 rings (SSSR count). The molecule has 0 saturated carbocycles. The van der Waals surface area contributed by atoms with E-state index in [9.17, 15) is 4.79 Å². The van der Waals surface area contributed by atoms with Gasteiger partial charge in [-0.1, -0.05) is 19.0 Å². The Morgan fingerprint density at radius 3 is 2.64 bits per heavy atom. The van der Waals surface area contributed by atoms with Crippen LogP contribution in [0.4, 0.5) is 5.13 Å². The lowest BCUT2D eigenvalue weighted by atomic mass is 10.0. The van der Waals surface area contributed by atoms with E-state index in [2.05, 4.69) is 15.5 Å². The molecule has 7 heteroatoms. The summed E-state index contributed by atoms with van der Waals surface area (Å²) in [5.74, 6) is 1.20. The quantitative estimate of drug-likeness (QED) is 0.728. The second-order valence-corrected chi connectivity index (χ2v) is 6.74. The maximum absolute atomic E-state index is 12.6. The topological polar surface area (TPSA) is 77.2 Å². The van der Waals surface area contributed by atoms with E-state index in [4.69, 9.17) is 9.26 Å². The fraction of sp³-hybridized carbons (Fsp3) is 0.278. The molecular weight excluding hydrogens is 338 g/mol. The molecule has 0 atom stereocenters. The maximum atomic E-state index is 12.6. The van der Waals surface area contributed by atoms with Crippen molar-refractivity contribution in [1.82, 2.24) is 10.1 Å². The van der Waals surface area contributed by atoms with Gasteiger partial charge in [-0.15, -0.1) is 11.3 Å². The number of hydrogen-bond acceptors (Lipinski definition) is 6. The van der Waals surface area contributed by atoms with Gasteiger partial charge in [0.1, 0.15) is 11.3 Å². The van der Waals surface area contributed by atoms with Crippen LogP contribution < -0.4 is 10.1 Å². The summed E-state index contributed by atoms with van der Waals surface area (Å²) in [6, 6.07) is 7.62. The number of carbonyl (C=O) groups is 1. The van der Waals surface area contributed by atoms with Gasteiger partial charge in [0.15, 0.2) is 10.9 Å². The van der Waals surface area contributed by atoms with Crippen molar-refractivity contribution in [2.75, 3.05) is 12.4 Å². The number of nitrogens with zero attached hydrogens (tertiary/aromatic N) is 2. The number of nitrogens with one attached hydrogen (secondary N) is 1. The molecule has 0 radical (unpaired) electrons. The zero-order valence-electron chi connectivity index (χ0n) is 14.5. The molecule has 0 spiro atoms. The first-order valence-corrected chi connectivity index (χ1v) is 8.75. The summed E-state index contributed by atoms with van der Waals surface area (Å²) in [7, 11) is 1.63.